The maximum atomic E-state index is 11.8. The first-order valence-corrected chi connectivity index (χ1v) is 7.17. The Labute approximate surface area is 124 Å². The lowest BCUT2D eigenvalue weighted by atomic mass is 10.1. The van der Waals surface area contributed by atoms with Crippen molar-refractivity contribution in [3.8, 4) is 0 Å². The number of aryl methyl sites for hydroxylation is 1. The number of carbonyl (C=O) groups is 2. The molecule has 0 bridgehead atoms. The summed E-state index contributed by atoms with van der Waals surface area (Å²) in [4.78, 5) is 26.3. The molecule has 1 aromatic heterocycles. The van der Waals surface area contributed by atoms with Crippen LogP contribution >= 0.6 is 0 Å². The fourth-order valence-corrected chi connectivity index (χ4v) is 2.37. The van der Waals surface area contributed by atoms with Crippen molar-refractivity contribution in [1.29, 1.82) is 0 Å². The molecule has 1 atom stereocenters. The Morgan fingerprint density at radius 1 is 1.29 bits per heavy atom. The first kappa shape index (κ1) is 15.1. The number of H-pyrrole nitrogens is 1. The standard InChI is InChI=1S/C16H21N3O2/c1-11(16(21)17-2)19-15(20)9-5-6-12-10-18-14-8-4-3-7-13(12)14/h3-4,7-8,10-11,18H,5-6,9H2,1-2H3,(H,17,21)(H,19,20). The molecular weight excluding hydrogens is 266 g/mol. The predicted octanol–water partition coefficient (Wildman–Crippen LogP) is 1.74. The fraction of sp³-hybridized carbons (Fsp3) is 0.375. The molecule has 1 unspecified atom stereocenters. The molecule has 112 valence electrons. The van der Waals surface area contributed by atoms with Gasteiger partial charge in [0.1, 0.15) is 6.04 Å². The van der Waals surface area contributed by atoms with E-state index in [1.165, 1.54) is 10.9 Å². The van der Waals surface area contributed by atoms with E-state index in [2.05, 4.69) is 21.7 Å². The third-order valence-corrected chi connectivity index (χ3v) is 3.54. The number of hydrogen-bond donors (Lipinski definition) is 3. The maximum Gasteiger partial charge on any atom is 0.242 e. The average molecular weight is 287 g/mol. The second-order valence-electron chi connectivity index (χ2n) is 5.12. The zero-order valence-corrected chi connectivity index (χ0v) is 12.4. The van der Waals surface area contributed by atoms with Crippen LogP contribution in [0.2, 0.25) is 0 Å². The Hall–Kier alpha value is -2.30. The molecule has 21 heavy (non-hydrogen) atoms. The highest BCUT2D eigenvalue weighted by Crippen LogP contribution is 2.19. The van der Waals surface area contributed by atoms with E-state index in [9.17, 15) is 9.59 Å². The van der Waals surface area contributed by atoms with Crippen LogP contribution in [0.5, 0.6) is 0 Å². The Balaban J connectivity index is 1.81. The van der Waals surface area contributed by atoms with E-state index in [1.54, 1.807) is 14.0 Å². The van der Waals surface area contributed by atoms with Crippen LogP contribution in [0.3, 0.4) is 0 Å². The molecule has 1 aromatic carbocycles. The zero-order chi connectivity index (χ0) is 15.2. The van der Waals surface area contributed by atoms with Crippen LogP contribution in [0.25, 0.3) is 10.9 Å². The molecule has 0 radical (unpaired) electrons. The number of hydrogen-bond acceptors (Lipinski definition) is 2. The lowest BCUT2D eigenvalue weighted by Crippen LogP contribution is -2.43. The number of benzene rings is 1. The molecule has 1 heterocycles. The number of aromatic amines is 1. The number of carbonyl (C=O) groups excluding carboxylic acids is 2. The van der Waals surface area contributed by atoms with E-state index in [-0.39, 0.29) is 11.8 Å². The van der Waals surface area contributed by atoms with Gasteiger partial charge in [0.25, 0.3) is 0 Å². The van der Waals surface area contributed by atoms with Gasteiger partial charge in [-0.05, 0) is 31.4 Å². The molecule has 2 rings (SSSR count). The van der Waals surface area contributed by atoms with Crippen molar-refractivity contribution in [2.75, 3.05) is 7.05 Å². The van der Waals surface area contributed by atoms with E-state index in [0.717, 1.165) is 18.4 Å². The summed E-state index contributed by atoms with van der Waals surface area (Å²) in [6.45, 7) is 1.68. The van der Waals surface area contributed by atoms with Gasteiger partial charge in [-0.2, -0.15) is 0 Å². The summed E-state index contributed by atoms with van der Waals surface area (Å²) >= 11 is 0. The zero-order valence-electron chi connectivity index (χ0n) is 12.4. The van der Waals surface area contributed by atoms with Crippen LogP contribution in [0, 0.1) is 0 Å². The second-order valence-corrected chi connectivity index (χ2v) is 5.12. The summed E-state index contributed by atoms with van der Waals surface area (Å²) in [7, 11) is 1.56. The number of fused-ring (bicyclic) bond motifs is 1. The highest BCUT2D eigenvalue weighted by Gasteiger charge is 2.13. The number of rotatable bonds is 6. The van der Waals surface area contributed by atoms with Crippen molar-refractivity contribution in [3.63, 3.8) is 0 Å². The van der Waals surface area contributed by atoms with Gasteiger partial charge in [0.05, 0.1) is 0 Å². The summed E-state index contributed by atoms with van der Waals surface area (Å²) in [6.07, 6.45) is 4.01. The Morgan fingerprint density at radius 3 is 2.81 bits per heavy atom. The monoisotopic (exact) mass is 287 g/mol. The number of nitrogens with one attached hydrogen (secondary N) is 3. The predicted molar refractivity (Wildman–Crippen MR) is 82.9 cm³/mol. The SMILES string of the molecule is CNC(=O)C(C)NC(=O)CCCc1c[nH]c2ccccc12. The first-order chi connectivity index (χ1) is 10.1. The smallest absolute Gasteiger partial charge is 0.242 e. The van der Waals surface area contributed by atoms with Gasteiger partial charge in [-0.3, -0.25) is 9.59 Å². The minimum absolute atomic E-state index is 0.0917. The van der Waals surface area contributed by atoms with Crippen molar-refractivity contribution in [1.82, 2.24) is 15.6 Å². The summed E-state index contributed by atoms with van der Waals surface area (Å²) < 4.78 is 0. The molecule has 5 nitrogen and oxygen atoms in total. The molecule has 0 saturated heterocycles. The highest BCUT2D eigenvalue weighted by molar-refractivity contribution is 5.87. The fourth-order valence-electron chi connectivity index (χ4n) is 2.37. The van der Waals surface area contributed by atoms with Crippen molar-refractivity contribution < 1.29 is 9.59 Å². The van der Waals surface area contributed by atoms with Crippen molar-refractivity contribution >= 4 is 22.7 Å². The lowest BCUT2D eigenvalue weighted by molar-refractivity contribution is -0.128. The van der Waals surface area contributed by atoms with Gasteiger partial charge in [0.15, 0.2) is 0 Å². The third kappa shape index (κ3) is 3.84. The molecule has 2 aromatic rings. The van der Waals surface area contributed by atoms with E-state index >= 15 is 0 Å². The first-order valence-electron chi connectivity index (χ1n) is 7.17. The lowest BCUT2D eigenvalue weighted by Gasteiger charge is -2.11. The van der Waals surface area contributed by atoms with Gasteiger partial charge in [-0.25, -0.2) is 0 Å². The number of amides is 2. The Morgan fingerprint density at radius 2 is 2.05 bits per heavy atom. The van der Waals surface area contributed by atoms with Gasteiger partial charge < -0.3 is 15.6 Å². The van der Waals surface area contributed by atoms with Crippen LogP contribution in [-0.4, -0.2) is 29.9 Å². The molecule has 0 aliphatic carbocycles. The van der Waals surface area contributed by atoms with E-state index < -0.39 is 6.04 Å². The van der Waals surface area contributed by atoms with Crippen molar-refractivity contribution in [2.45, 2.75) is 32.2 Å². The Bertz CT molecular complexity index is 633. The molecule has 5 heteroatoms. The van der Waals surface area contributed by atoms with Gasteiger partial charge in [0.2, 0.25) is 11.8 Å². The summed E-state index contributed by atoms with van der Waals surface area (Å²) in [5.41, 5.74) is 2.34. The Kier molecular flexibility index (Phi) is 4.98. The molecule has 2 amide bonds. The largest absolute Gasteiger partial charge is 0.361 e. The van der Waals surface area contributed by atoms with E-state index in [4.69, 9.17) is 0 Å². The van der Waals surface area contributed by atoms with E-state index in [1.807, 2.05) is 24.4 Å². The minimum atomic E-state index is -0.490. The van der Waals surface area contributed by atoms with Crippen molar-refractivity contribution in [3.05, 3.63) is 36.0 Å². The van der Waals surface area contributed by atoms with Crippen LogP contribution in [-0.2, 0) is 16.0 Å². The third-order valence-electron chi connectivity index (χ3n) is 3.54. The molecule has 0 saturated carbocycles. The number of aromatic nitrogens is 1. The van der Waals surface area contributed by atoms with Gasteiger partial charge >= 0.3 is 0 Å². The topological polar surface area (TPSA) is 74.0 Å². The molecule has 0 aliphatic heterocycles. The van der Waals surface area contributed by atoms with Gasteiger partial charge in [-0.15, -0.1) is 0 Å². The highest BCUT2D eigenvalue weighted by atomic mass is 16.2. The number of likely N-dealkylation sites (N-methyl/N-ethyl adjacent to an activating group) is 1. The minimum Gasteiger partial charge on any atom is -0.361 e. The van der Waals surface area contributed by atoms with Crippen molar-refractivity contribution in [2.24, 2.45) is 0 Å². The second kappa shape index (κ2) is 6.92. The van der Waals surface area contributed by atoms with Gasteiger partial charge in [-0.1, -0.05) is 18.2 Å². The summed E-state index contributed by atoms with van der Waals surface area (Å²) in [5.74, 6) is -0.272. The number of para-hydroxylation sites is 1. The molecule has 3 N–H and O–H groups in total. The van der Waals surface area contributed by atoms with Crippen LogP contribution in [0.15, 0.2) is 30.5 Å². The molecular formula is C16H21N3O2. The van der Waals surface area contributed by atoms with Crippen LogP contribution in [0.4, 0.5) is 0 Å². The van der Waals surface area contributed by atoms with E-state index in [0.29, 0.717) is 6.42 Å². The van der Waals surface area contributed by atoms with Gasteiger partial charge in [0, 0.05) is 30.6 Å². The quantitative estimate of drug-likeness (QED) is 0.757. The maximum absolute atomic E-state index is 11.8. The molecule has 0 aliphatic rings. The van der Waals surface area contributed by atoms with Crippen LogP contribution < -0.4 is 10.6 Å². The van der Waals surface area contributed by atoms with Crippen LogP contribution in [0.1, 0.15) is 25.3 Å². The average Bonchev–Trinajstić information content (AvgIpc) is 2.90. The summed E-state index contributed by atoms with van der Waals surface area (Å²) in [5, 5.41) is 6.41. The molecule has 0 spiro atoms. The molecule has 0 fully saturated rings. The normalized spacial score (nSPS) is 12.1. The summed E-state index contributed by atoms with van der Waals surface area (Å²) in [6, 6.07) is 7.63.